The van der Waals surface area contributed by atoms with Crippen molar-refractivity contribution < 1.29 is 14.3 Å². The Kier molecular flexibility index (Phi) is 1.84. The van der Waals surface area contributed by atoms with Crippen molar-refractivity contribution in [3.8, 4) is 11.5 Å². The van der Waals surface area contributed by atoms with E-state index in [2.05, 4.69) is 0 Å². The van der Waals surface area contributed by atoms with Crippen LogP contribution in [0.2, 0.25) is 0 Å². The number of fused-ring (bicyclic) bond motifs is 1. The molecule has 1 atom stereocenters. The van der Waals surface area contributed by atoms with E-state index in [0.717, 1.165) is 12.8 Å². The van der Waals surface area contributed by atoms with Gasteiger partial charge in [0.25, 0.3) is 0 Å². The van der Waals surface area contributed by atoms with E-state index in [1.165, 1.54) is 0 Å². The highest BCUT2D eigenvalue weighted by atomic mass is 16.5. The number of carbonyl (C=O) groups is 1. The van der Waals surface area contributed by atoms with E-state index in [1.807, 2.05) is 18.2 Å². The summed E-state index contributed by atoms with van der Waals surface area (Å²) < 4.78 is 10.9. The van der Waals surface area contributed by atoms with Gasteiger partial charge in [-0.15, -0.1) is 0 Å². The number of Topliss-reactive ketones (excluding diaryl/α,β-unsaturated/α-hetero) is 1. The summed E-state index contributed by atoms with van der Waals surface area (Å²) in [6.07, 6.45) is 5.52. The fourth-order valence-corrected chi connectivity index (χ4v) is 2.30. The summed E-state index contributed by atoms with van der Waals surface area (Å²) in [6.45, 7) is 0. The third kappa shape index (κ3) is 1.11. The maximum Gasteiger partial charge on any atom is 0.214 e. The molecular formula is C13H12O3. The first-order valence-electron chi connectivity index (χ1n) is 5.35. The molecule has 0 saturated heterocycles. The fraction of sp³-hybridized carbons (Fsp3) is 0.308. The number of rotatable bonds is 1. The van der Waals surface area contributed by atoms with Crippen molar-refractivity contribution in [2.45, 2.75) is 18.4 Å². The van der Waals surface area contributed by atoms with Gasteiger partial charge in [0.1, 0.15) is 11.5 Å². The smallest absolute Gasteiger partial charge is 0.214 e. The zero-order chi connectivity index (χ0) is 11.2. The second-order valence-corrected chi connectivity index (χ2v) is 4.12. The lowest BCUT2D eigenvalue weighted by molar-refractivity contribution is 0.0712. The van der Waals surface area contributed by atoms with Crippen molar-refractivity contribution in [1.29, 1.82) is 0 Å². The van der Waals surface area contributed by atoms with Gasteiger partial charge in [0.2, 0.25) is 5.78 Å². The number of ether oxygens (including phenoxy) is 2. The van der Waals surface area contributed by atoms with Crippen LogP contribution in [0.5, 0.6) is 11.5 Å². The summed E-state index contributed by atoms with van der Waals surface area (Å²) in [5, 5.41) is 0. The number of carbonyl (C=O) groups excluding carboxylic acids is 1. The number of hydrogen-bond donors (Lipinski definition) is 0. The highest BCUT2D eigenvalue weighted by Gasteiger charge is 2.47. The molecule has 0 bridgehead atoms. The molecule has 1 aliphatic carbocycles. The Morgan fingerprint density at radius 1 is 1.44 bits per heavy atom. The zero-order valence-corrected chi connectivity index (χ0v) is 9.03. The van der Waals surface area contributed by atoms with Gasteiger partial charge < -0.3 is 9.47 Å². The third-order valence-electron chi connectivity index (χ3n) is 3.18. The molecule has 0 aromatic heterocycles. The highest BCUT2D eigenvalue weighted by molar-refractivity contribution is 6.09. The van der Waals surface area contributed by atoms with Gasteiger partial charge in [-0.1, -0.05) is 6.08 Å². The van der Waals surface area contributed by atoms with Gasteiger partial charge >= 0.3 is 0 Å². The van der Waals surface area contributed by atoms with Crippen LogP contribution in [0.3, 0.4) is 0 Å². The average molecular weight is 216 g/mol. The van der Waals surface area contributed by atoms with Crippen molar-refractivity contribution in [2.24, 2.45) is 0 Å². The Morgan fingerprint density at radius 2 is 2.31 bits per heavy atom. The van der Waals surface area contributed by atoms with E-state index >= 15 is 0 Å². The van der Waals surface area contributed by atoms with Crippen LogP contribution in [0.1, 0.15) is 23.2 Å². The van der Waals surface area contributed by atoms with Crippen LogP contribution in [-0.4, -0.2) is 18.5 Å². The number of benzene rings is 1. The lowest BCUT2D eigenvalue weighted by Crippen LogP contribution is -2.35. The van der Waals surface area contributed by atoms with Gasteiger partial charge in [-0.3, -0.25) is 4.79 Å². The lowest BCUT2D eigenvalue weighted by Gasteiger charge is -2.18. The second kappa shape index (κ2) is 3.11. The van der Waals surface area contributed by atoms with Crippen LogP contribution >= 0.6 is 0 Å². The molecule has 0 amide bonds. The highest BCUT2D eigenvalue weighted by Crippen LogP contribution is 2.42. The lowest BCUT2D eigenvalue weighted by atomic mass is 9.95. The van der Waals surface area contributed by atoms with Crippen LogP contribution in [0, 0.1) is 0 Å². The molecule has 1 heterocycles. The van der Waals surface area contributed by atoms with E-state index in [0.29, 0.717) is 17.1 Å². The van der Waals surface area contributed by atoms with Gasteiger partial charge in [0.05, 0.1) is 12.7 Å². The van der Waals surface area contributed by atoms with Crippen molar-refractivity contribution in [1.82, 2.24) is 0 Å². The quantitative estimate of drug-likeness (QED) is 0.676. The monoisotopic (exact) mass is 216 g/mol. The van der Waals surface area contributed by atoms with Crippen molar-refractivity contribution in [3.05, 3.63) is 35.9 Å². The van der Waals surface area contributed by atoms with E-state index in [1.54, 1.807) is 19.2 Å². The molecule has 1 aromatic rings. The van der Waals surface area contributed by atoms with Crippen molar-refractivity contribution in [3.63, 3.8) is 0 Å². The average Bonchev–Trinajstić information content (AvgIpc) is 2.87. The van der Waals surface area contributed by atoms with Crippen LogP contribution in [0.4, 0.5) is 0 Å². The van der Waals surface area contributed by atoms with Crippen LogP contribution < -0.4 is 9.47 Å². The van der Waals surface area contributed by atoms with Crippen LogP contribution in [-0.2, 0) is 0 Å². The summed E-state index contributed by atoms with van der Waals surface area (Å²) in [6, 6.07) is 5.36. The molecule has 82 valence electrons. The molecule has 1 aliphatic heterocycles. The Morgan fingerprint density at radius 3 is 3.00 bits per heavy atom. The van der Waals surface area contributed by atoms with Gasteiger partial charge in [-0.05, 0) is 30.7 Å². The molecule has 0 N–H and O–H groups in total. The molecule has 3 nitrogen and oxygen atoms in total. The van der Waals surface area contributed by atoms with Crippen molar-refractivity contribution >= 4 is 5.78 Å². The molecule has 0 saturated carbocycles. The SMILES string of the molecule is COc1ccc2c(c1)C(=O)C1(C=CCC1)O2. The number of methoxy groups -OCH3 is 1. The van der Waals surface area contributed by atoms with Crippen LogP contribution in [0.25, 0.3) is 0 Å². The van der Waals surface area contributed by atoms with E-state index in [-0.39, 0.29) is 5.78 Å². The first kappa shape index (κ1) is 9.46. The predicted octanol–water partition coefficient (Wildman–Crippen LogP) is 2.36. The number of hydrogen-bond acceptors (Lipinski definition) is 3. The van der Waals surface area contributed by atoms with E-state index < -0.39 is 5.60 Å². The molecular weight excluding hydrogens is 204 g/mol. The molecule has 3 rings (SSSR count). The molecule has 2 aliphatic rings. The summed E-state index contributed by atoms with van der Waals surface area (Å²) in [5.41, 5.74) is -0.0970. The maximum absolute atomic E-state index is 12.3. The fourth-order valence-electron chi connectivity index (χ4n) is 2.30. The predicted molar refractivity (Wildman–Crippen MR) is 59.1 cm³/mol. The summed E-state index contributed by atoms with van der Waals surface area (Å²) in [4.78, 5) is 12.3. The summed E-state index contributed by atoms with van der Waals surface area (Å²) in [5.74, 6) is 1.40. The maximum atomic E-state index is 12.3. The normalized spacial score (nSPS) is 25.9. The molecule has 0 fully saturated rings. The molecule has 1 spiro atoms. The van der Waals surface area contributed by atoms with Gasteiger partial charge in [0, 0.05) is 6.42 Å². The Labute approximate surface area is 93.7 Å². The Bertz CT molecular complexity index is 490. The second-order valence-electron chi connectivity index (χ2n) is 4.12. The van der Waals surface area contributed by atoms with Gasteiger partial charge in [0.15, 0.2) is 5.60 Å². The van der Waals surface area contributed by atoms with Gasteiger partial charge in [-0.2, -0.15) is 0 Å². The number of allylic oxidation sites excluding steroid dienone is 1. The van der Waals surface area contributed by atoms with Crippen LogP contribution in [0.15, 0.2) is 30.4 Å². The summed E-state index contributed by atoms with van der Waals surface area (Å²) >= 11 is 0. The Hall–Kier alpha value is -1.77. The first-order valence-corrected chi connectivity index (χ1v) is 5.35. The van der Waals surface area contributed by atoms with Gasteiger partial charge in [-0.25, -0.2) is 0 Å². The molecule has 3 heteroatoms. The minimum Gasteiger partial charge on any atom is -0.497 e. The minimum atomic E-state index is -0.727. The minimum absolute atomic E-state index is 0.0511. The molecule has 1 unspecified atom stereocenters. The first-order chi connectivity index (χ1) is 7.75. The standard InChI is InChI=1S/C13H12O3/c1-15-9-4-5-11-10(8-9)12(14)13(16-11)6-2-3-7-13/h2,4-6,8H,3,7H2,1H3. The third-order valence-corrected chi connectivity index (χ3v) is 3.18. The van der Waals surface area contributed by atoms with E-state index in [9.17, 15) is 4.79 Å². The number of ketones is 1. The van der Waals surface area contributed by atoms with Crippen molar-refractivity contribution in [2.75, 3.05) is 7.11 Å². The Balaban J connectivity index is 2.08. The largest absolute Gasteiger partial charge is 0.497 e. The molecule has 16 heavy (non-hydrogen) atoms. The molecule has 1 aromatic carbocycles. The summed E-state index contributed by atoms with van der Waals surface area (Å²) in [7, 11) is 1.59. The molecule has 0 radical (unpaired) electrons. The topological polar surface area (TPSA) is 35.5 Å². The zero-order valence-electron chi connectivity index (χ0n) is 9.03. The van der Waals surface area contributed by atoms with E-state index in [4.69, 9.17) is 9.47 Å².